The number of nitrogens with one attached hydrogen (secondary N) is 1. The summed E-state index contributed by atoms with van der Waals surface area (Å²) in [7, 11) is 1.63. The fourth-order valence-corrected chi connectivity index (χ4v) is 2.77. The summed E-state index contributed by atoms with van der Waals surface area (Å²) in [5, 5.41) is 2.88. The molecule has 2 heterocycles. The van der Waals surface area contributed by atoms with E-state index >= 15 is 0 Å². The highest BCUT2D eigenvalue weighted by atomic mass is 16.5. The molecule has 2 saturated heterocycles. The van der Waals surface area contributed by atoms with Crippen molar-refractivity contribution in [3.63, 3.8) is 0 Å². The number of rotatable bonds is 2. The summed E-state index contributed by atoms with van der Waals surface area (Å²) >= 11 is 0. The Morgan fingerprint density at radius 1 is 1.42 bits per heavy atom. The minimum absolute atomic E-state index is 0.0485. The smallest absolute Gasteiger partial charge is 0.317 e. The Morgan fingerprint density at radius 3 is 3.00 bits per heavy atom. The Hall–Kier alpha value is -2.11. The summed E-state index contributed by atoms with van der Waals surface area (Å²) in [5.74, 6) is 0.762. The van der Waals surface area contributed by atoms with Gasteiger partial charge in [0.15, 0.2) is 0 Å². The summed E-state index contributed by atoms with van der Waals surface area (Å²) in [6, 6.07) is 6.01. The molecule has 6 heteroatoms. The van der Waals surface area contributed by atoms with Crippen LogP contribution in [0.25, 0.3) is 0 Å². The van der Waals surface area contributed by atoms with Crippen LogP contribution < -0.4 is 20.7 Å². The first kappa shape index (κ1) is 12.0. The molecule has 3 rings (SSSR count). The van der Waals surface area contributed by atoms with Gasteiger partial charge in [-0.3, -0.25) is 0 Å². The number of methoxy groups -OCH3 is 1. The Bertz CT molecular complexity index is 505. The van der Waals surface area contributed by atoms with Gasteiger partial charge in [0.05, 0.1) is 24.5 Å². The van der Waals surface area contributed by atoms with Crippen LogP contribution in [0.4, 0.5) is 16.2 Å². The van der Waals surface area contributed by atoms with Crippen molar-refractivity contribution in [3.05, 3.63) is 18.2 Å². The van der Waals surface area contributed by atoms with E-state index in [1.807, 2.05) is 23.1 Å². The van der Waals surface area contributed by atoms with Crippen LogP contribution in [0, 0.1) is 0 Å². The van der Waals surface area contributed by atoms with Gasteiger partial charge in [0.1, 0.15) is 5.75 Å². The standard InChI is InChI=1S/C13H18N4O2/c1-19-10-2-3-12(11(14)6-10)16-4-5-17-9(8-16)7-15-13(17)18/h2-3,6,9H,4-5,7-8,14H2,1H3,(H,15,18). The predicted molar refractivity (Wildman–Crippen MR) is 73.5 cm³/mol. The van der Waals surface area contributed by atoms with Crippen molar-refractivity contribution in [2.75, 3.05) is 43.9 Å². The van der Waals surface area contributed by atoms with Crippen LogP contribution in [-0.4, -0.2) is 50.3 Å². The zero-order valence-corrected chi connectivity index (χ0v) is 10.9. The number of nitrogens with two attached hydrogens (primary N) is 1. The first-order chi connectivity index (χ1) is 9.19. The van der Waals surface area contributed by atoms with Gasteiger partial charge in [0, 0.05) is 32.2 Å². The SMILES string of the molecule is COc1ccc(N2CCN3C(=O)NCC3C2)c(N)c1. The van der Waals surface area contributed by atoms with Crippen LogP contribution >= 0.6 is 0 Å². The molecule has 0 aliphatic carbocycles. The Kier molecular flexibility index (Phi) is 2.85. The highest BCUT2D eigenvalue weighted by Gasteiger charge is 2.35. The summed E-state index contributed by atoms with van der Waals surface area (Å²) in [4.78, 5) is 15.7. The van der Waals surface area contributed by atoms with Gasteiger partial charge < -0.3 is 25.6 Å². The molecule has 2 aliphatic heterocycles. The quantitative estimate of drug-likeness (QED) is 0.761. The van der Waals surface area contributed by atoms with Gasteiger partial charge in [-0.2, -0.15) is 0 Å². The molecule has 1 aromatic carbocycles. The Morgan fingerprint density at radius 2 is 2.26 bits per heavy atom. The van der Waals surface area contributed by atoms with E-state index in [0.717, 1.165) is 31.1 Å². The molecule has 1 aromatic rings. The van der Waals surface area contributed by atoms with E-state index in [4.69, 9.17) is 10.5 Å². The van der Waals surface area contributed by atoms with E-state index < -0.39 is 0 Å². The molecule has 2 aliphatic rings. The van der Waals surface area contributed by atoms with Crippen LogP contribution in [-0.2, 0) is 0 Å². The highest BCUT2D eigenvalue weighted by Crippen LogP contribution is 2.29. The normalized spacial score (nSPS) is 22.2. The lowest BCUT2D eigenvalue weighted by Gasteiger charge is -2.38. The molecule has 1 unspecified atom stereocenters. The third-order valence-electron chi connectivity index (χ3n) is 3.81. The molecule has 19 heavy (non-hydrogen) atoms. The number of carbonyl (C=O) groups excluding carboxylic acids is 1. The molecule has 1 atom stereocenters. The lowest BCUT2D eigenvalue weighted by Crippen LogP contribution is -2.52. The first-order valence-corrected chi connectivity index (χ1v) is 6.42. The first-order valence-electron chi connectivity index (χ1n) is 6.42. The molecule has 2 amide bonds. The monoisotopic (exact) mass is 262 g/mol. The average Bonchev–Trinajstić information content (AvgIpc) is 2.79. The van der Waals surface area contributed by atoms with E-state index in [1.54, 1.807) is 7.11 Å². The zero-order chi connectivity index (χ0) is 13.4. The summed E-state index contributed by atoms with van der Waals surface area (Å²) in [6.07, 6.45) is 0. The summed E-state index contributed by atoms with van der Waals surface area (Å²) in [5.41, 5.74) is 7.80. The van der Waals surface area contributed by atoms with Crippen LogP contribution in [0.2, 0.25) is 0 Å². The molecule has 3 N–H and O–H groups in total. The van der Waals surface area contributed by atoms with Crippen LogP contribution in [0.1, 0.15) is 0 Å². The fraction of sp³-hybridized carbons (Fsp3) is 0.462. The van der Waals surface area contributed by atoms with Crippen LogP contribution in [0.3, 0.4) is 0 Å². The molecule has 6 nitrogen and oxygen atoms in total. The number of carbonyl (C=O) groups is 1. The molecule has 0 saturated carbocycles. The molecule has 0 aromatic heterocycles. The number of hydrogen-bond donors (Lipinski definition) is 2. The number of urea groups is 1. The van der Waals surface area contributed by atoms with Crippen molar-refractivity contribution in [3.8, 4) is 5.75 Å². The second-order valence-electron chi connectivity index (χ2n) is 4.90. The second-order valence-corrected chi connectivity index (χ2v) is 4.90. The van der Waals surface area contributed by atoms with Crippen molar-refractivity contribution >= 4 is 17.4 Å². The van der Waals surface area contributed by atoms with Gasteiger partial charge in [-0.1, -0.05) is 0 Å². The molecule has 0 radical (unpaired) electrons. The molecule has 2 fully saturated rings. The van der Waals surface area contributed by atoms with E-state index in [0.29, 0.717) is 12.2 Å². The topological polar surface area (TPSA) is 70.8 Å². The number of nitrogens with zero attached hydrogens (tertiary/aromatic N) is 2. The number of amides is 2. The maximum atomic E-state index is 11.6. The van der Waals surface area contributed by atoms with Crippen molar-refractivity contribution < 1.29 is 9.53 Å². The van der Waals surface area contributed by atoms with Crippen molar-refractivity contribution in [2.24, 2.45) is 0 Å². The third kappa shape index (κ3) is 2.03. The fourth-order valence-electron chi connectivity index (χ4n) is 2.77. The third-order valence-corrected chi connectivity index (χ3v) is 3.81. The maximum absolute atomic E-state index is 11.6. The second kappa shape index (κ2) is 4.53. The van der Waals surface area contributed by atoms with E-state index in [-0.39, 0.29) is 12.1 Å². The van der Waals surface area contributed by atoms with Crippen molar-refractivity contribution in [1.29, 1.82) is 0 Å². The van der Waals surface area contributed by atoms with Crippen LogP contribution in [0.5, 0.6) is 5.75 Å². The minimum Gasteiger partial charge on any atom is -0.497 e. The molecular weight excluding hydrogens is 244 g/mol. The number of fused-ring (bicyclic) bond motifs is 1. The number of nitrogen functional groups attached to an aromatic ring is 1. The molecule has 102 valence electrons. The largest absolute Gasteiger partial charge is 0.497 e. The van der Waals surface area contributed by atoms with Gasteiger partial charge in [-0.15, -0.1) is 0 Å². The lowest BCUT2D eigenvalue weighted by molar-refractivity contribution is 0.198. The average molecular weight is 262 g/mol. The van der Waals surface area contributed by atoms with E-state index in [9.17, 15) is 4.79 Å². The number of piperazine rings is 1. The highest BCUT2D eigenvalue weighted by molar-refractivity contribution is 5.78. The number of benzene rings is 1. The van der Waals surface area contributed by atoms with Gasteiger partial charge in [0.25, 0.3) is 0 Å². The van der Waals surface area contributed by atoms with Gasteiger partial charge in [-0.05, 0) is 12.1 Å². The maximum Gasteiger partial charge on any atom is 0.317 e. The predicted octanol–water partition coefficient (Wildman–Crippen LogP) is 0.491. The summed E-state index contributed by atoms with van der Waals surface area (Å²) < 4.78 is 5.16. The minimum atomic E-state index is 0.0485. The summed E-state index contributed by atoms with van der Waals surface area (Å²) in [6.45, 7) is 3.07. The van der Waals surface area contributed by atoms with Gasteiger partial charge >= 0.3 is 6.03 Å². The number of ether oxygens (including phenoxy) is 1. The Balaban J connectivity index is 1.79. The zero-order valence-electron chi connectivity index (χ0n) is 10.9. The van der Waals surface area contributed by atoms with Crippen LogP contribution in [0.15, 0.2) is 18.2 Å². The van der Waals surface area contributed by atoms with Crippen molar-refractivity contribution in [2.45, 2.75) is 6.04 Å². The molecule has 0 spiro atoms. The Labute approximate surface area is 112 Å². The van der Waals surface area contributed by atoms with E-state index in [2.05, 4.69) is 10.2 Å². The van der Waals surface area contributed by atoms with Gasteiger partial charge in [0.2, 0.25) is 0 Å². The van der Waals surface area contributed by atoms with Gasteiger partial charge in [-0.25, -0.2) is 4.79 Å². The van der Waals surface area contributed by atoms with E-state index in [1.165, 1.54) is 0 Å². The molecular formula is C13H18N4O2. The molecule has 0 bridgehead atoms. The van der Waals surface area contributed by atoms with Crippen molar-refractivity contribution in [1.82, 2.24) is 10.2 Å². The lowest BCUT2D eigenvalue weighted by atomic mass is 10.1. The number of hydrogen-bond acceptors (Lipinski definition) is 4. The number of anilines is 2.